The van der Waals surface area contributed by atoms with Gasteiger partial charge in [-0.25, -0.2) is 13.4 Å². The lowest BCUT2D eigenvalue weighted by Crippen LogP contribution is -2.45. The molecule has 0 unspecified atom stereocenters. The van der Waals surface area contributed by atoms with E-state index in [1.165, 1.54) is 16.8 Å². The van der Waals surface area contributed by atoms with Crippen molar-refractivity contribution in [2.24, 2.45) is 12.8 Å². The quantitative estimate of drug-likeness (QED) is 0.762. The monoisotopic (exact) mass is 244 g/mol. The fourth-order valence-corrected chi connectivity index (χ4v) is 3.35. The molecule has 1 aromatic rings. The van der Waals surface area contributed by atoms with Crippen LogP contribution in [0.25, 0.3) is 0 Å². The van der Waals surface area contributed by atoms with Crippen LogP contribution in [0, 0.1) is 0 Å². The lowest BCUT2D eigenvalue weighted by Gasteiger charge is -2.29. The van der Waals surface area contributed by atoms with Crippen molar-refractivity contribution in [3.05, 3.63) is 12.5 Å². The summed E-state index contributed by atoms with van der Waals surface area (Å²) in [5, 5.41) is 0.101. The summed E-state index contributed by atoms with van der Waals surface area (Å²) < 4.78 is 27.3. The summed E-state index contributed by atoms with van der Waals surface area (Å²) in [5.41, 5.74) is 5.77. The number of piperidine rings is 1. The number of nitrogens with two attached hydrogens (primary N) is 1. The molecule has 1 fully saturated rings. The Morgan fingerprint density at radius 2 is 2.31 bits per heavy atom. The molecule has 0 saturated carbocycles. The van der Waals surface area contributed by atoms with Crippen molar-refractivity contribution in [3.63, 3.8) is 0 Å². The first-order chi connectivity index (χ1) is 7.50. The third-order valence-corrected chi connectivity index (χ3v) is 4.46. The van der Waals surface area contributed by atoms with E-state index in [9.17, 15) is 8.42 Å². The predicted molar refractivity (Wildman–Crippen MR) is 59.2 cm³/mol. The second kappa shape index (κ2) is 4.15. The third-order valence-electron chi connectivity index (χ3n) is 2.71. The average molecular weight is 244 g/mol. The van der Waals surface area contributed by atoms with Gasteiger partial charge < -0.3 is 10.3 Å². The largest absolute Gasteiger partial charge is 0.339 e. The molecule has 0 radical (unpaired) electrons. The molecule has 2 heterocycles. The molecule has 1 atom stereocenters. The molecule has 16 heavy (non-hydrogen) atoms. The van der Waals surface area contributed by atoms with Crippen LogP contribution in [-0.2, 0) is 17.1 Å². The van der Waals surface area contributed by atoms with E-state index >= 15 is 0 Å². The van der Waals surface area contributed by atoms with E-state index in [0.29, 0.717) is 13.1 Å². The number of aryl methyl sites for hydroxylation is 1. The van der Waals surface area contributed by atoms with Crippen LogP contribution in [0.4, 0.5) is 0 Å². The van der Waals surface area contributed by atoms with Gasteiger partial charge in [0.15, 0.2) is 5.03 Å². The van der Waals surface area contributed by atoms with Crippen molar-refractivity contribution in [1.29, 1.82) is 0 Å². The molecule has 0 amide bonds. The number of aromatic nitrogens is 2. The summed E-state index contributed by atoms with van der Waals surface area (Å²) in [4.78, 5) is 3.88. The van der Waals surface area contributed by atoms with Crippen LogP contribution in [0.15, 0.2) is 17.6 Å². The zero-order chi connectivity index (χ0) is 11.8. The fourth-order valence-electron chi connectivity index (χ4n) is 1.85. The number of sulfonamides is 1. The molecule has 90 valence electrons. The normalized spacial score (nSPS) is 23.5. The second-order valence-corrected chi connectivity index (χ2v) is 6.03. The van der Waals surface area contributed by atoms with Crippen molar-refractivity contribution in [1.82, 2.24) is 13.9 Å². The molecule has 1 saturated heterocycles. The summed E-state index contributed by atoms with van der Waals surface area (Å²) in [6.45, 7) is 0.922. The van der Waals surface area contributed by atoms with E-state index in [1.807, 2.05) is 0 Å². The van der Waals surface area contributed by atoms with Gasteiger partial charge in [-0.2, -0.15) is 4.31 Å². The van der Waals surface area contributed by atoms with Crippen LogP contribution in [0.1, 0.15) is 12.8 Å². The average Bonchev–Trinajstić information content (AvgIpc) is 2.65. The Hall–Kier alpha value is -0.920. The molecule has 6 nitrogen and oxygen atoms in total. The summed E-state index contributed by atoms with van der Waals surface area (Å²) in [6.07, 6.45) is 4.69. The van der Waals surface area contributed by atoms with E-state index < -0.39 is 10.0 Å². The number of hydrogen-bond donors (Lipinski definition) is 1. The number of rotatable bonds is 2. The van der Waals surface area contributed by atoms with Gasteiger partial charge in [0.2, 0.25) is 0 Å². The lowest BCUT2D eigenvalue weighted by atomic mass is 10.1. The summed E-state index contributed by atoms with van der Waals surface area (Å²) in [7, 11) is -1.71. The van der Waals surface area contributed by atoms with Gasteiger partial charge in [0, 0.05) is 32.4 Å². The number of hydrogen-bond acceptors (Lipinski definition) is 4. The fraction of sp³-hybridized carbons (Fsp3) is 0.667. The van der Waals surface area contributed by atoms with Crippen LogP contribution in [0.3, 0.4) is 0 Å². The minimum Gasteiger partial charge on any atom is -0.339 e. The first-order valence-corrected chi connectivity index (χ1v) is 6.68. The molecule has 1 aliphatic heterocycles. The van der Waals surface area contributed by atoms with E-state index in [-0.39, 0.29) is 11.1 Å². The van der Waals surface area contributed by atoms with Gasteiger partial charge in [0.05, 0.1) is 6.33 Å². The van der Waals surface area contributed by atoms with Crippen LogP contribution >= 0.6 is 0 Å². The molecule has 0 spiro atoms. The standard InChI is InChI=1S/C9H16N4O2S/c1-12-6-9(11-7-12)16(14,15)13-4-2-3-8(10)5-13/h6-8H,2-5,10H2,1H3/t8-/m1/s1. The highest BCUT2D eigenvalue weighted by Crippen LogP contribution is 2.18. The highest BCUT2D eigenvalue weighted by molar-refractivity contribution is 7.89. The molecule has 7 heteroatoms. The van der Waals surface area contributed by atoms with Crippen molar-refractivity contribution in [3.8, 4) is 0 Å². The Morgan fingerprint density at radius 1 is 1.56 bits per heavy atom. The van der Waals surface area contributed by atoms with Crippen LogP contribution in [0.5, 0.6) is 0 Å². The van der Waals surface area contributed by atoms with Crippen LogP contribution in [0.2, 0.25) is 0 Å². The topological polar surface area (TPSA) is 81.2 Å². The zero-order valence-electron chi connectivity index (χ0n) is 9.20. The highest BCUT2D eigenvalue weighted by Gasteiger charge is 2.30. The number of nitrogens with zero attached hydrogens (tertiary/aromatic N) is 3. The maximum absolute atomic E-state index is 12.1. The van der Waals surface area contributed by atoms with Gasteiger partial charge in [0.25, 0.3) is 10.0 Å². The lowest BCUT2D eigenvalue weighted by molar-refractivity contribution is 0.315. The minimum absolute atomic E-state index is 0.0627. The summed E-state index contributed by atoms with van der Waals surface area (Å²) >= 11 is 0. The van der Waals surface area contributed by atoms with E-state index in [1.54, 1.807) is 11.6 Å². The Kier molecular flexibility index (Phi) is 3.00. The van der Waals surface area contributed by atoms with E-state index in [2.05, 4.69) is 4.98 Å². The molecule has 2 N–H and O–H groups in total. The maximum atomic E-state index is 12.1. The van der Waals surface area contributed by atoms with Gasteiger partial charge in [-0.15, -0.1) is 0 Å². The number of imidazole rings is 1. The van der Waals surface area contributed by atoms with Gasteiger partial charge in [-0.1, -0.05) is 0 Å². The summed E-state index contributed by atoms with van der Waals surface area (Å²) in [6, 6.07) is -0.0627. The van der Waals surface area contributed by atoms with Crippen LogP contribution < -0.4 is 5.73 Å². The Labute approximate surface area is 95.1 Å². The van der Waals surface area contributed by atoms with Crippen molar-refractivity contribution >= 4 is 10.0 Å². The first kappa shape index (κ1) is 11.6. The predicted octanol–water partition coefficient (Wildman–Crippen LogP) is -0.468. The van der Waals surface area contributed by atoms with Crippen molar-refractivity contribution in [2.75, 3.05) is 13.1 Å². The van der Waals surface area contributed by atoms with Gasteiger partial charge in [-0.3, -0.25) is 0 Å². The van der Waals surface area contributed by atoms with Crippen molar-refractivity contribution in [2.45, 2.75) is 23.9 Å². The zero-order valence-corrected chi connectivity index (χ0v) is 10.0. The summed E-state index contributed by atoms with van der Waals surface area (Å²) in [5.74, 6) is 0. The highest BCUT2D eigenvalue weighted by atomic mass is 32.2. The smallest absolute Gasteiger partial charge is 0.262 e. The Bertz CT molecular complexity index is 468. The van der Waals surface area contributed by atoms with Gasteiger partial charge in [0.1, 0.15) is 0 Å². The minimum atomic E-state index is -3.45. The Balaban J connectivity index is 2.25. The second-order valence-electron chi connectivity index (χ2n) is 4.14. The SMILES string of the molecule is Cn1cnc(S(=O)(=O)N2CCC[C@@H](N)C2)c1. The Morgan fingerprint density at radius 3 is 2.88 bits per heavy atom. The molecule has 2 rings (SSSR count). The molecule has 0 bridgehead atoms. The third kappa shape index (κ3) is 2.11. The van der Waals surface area contributed by atoms with E-state index in [4.69, 9.17) is 5.73 Å². The molecule has 1 aliphatic rings. The van der Waals surface area contributed by atoms with Crippen LogP contribution in [-0.4, -0.2) is 41.4 Å². The molecule has 1 aromatic heterocycles. The van der Waals surface area contributed by atoms with Crippen molar-refractivity contribution < 1.29 is 8.42 Å². The van der Waals surface area contributed by atoms with E-state index in [0.717, 1.165) is 12.8 Å². The molecular weight excluding hydrogens is 228 g/mol. The van der Waals surface area contributed by atoms with Gasteiger partial charge in [-0.05, 0) is 12.8 Å². The molecule has 0 aromatic carbocycles. The van der Waals surface area contributed by atoms with Gasteiger partial charge >= 0.3 is 0 Å². The molecule has 0 aliphatic carbocycles. The maximum Gasteiger partial charge on any atom is 0.262 e. The first-order valence-electron chi connectivity index (χ1n) is 5.24. The molecular formula is C9H16N4O2S.